The van der Waals surface area contributed by atoms with Crippen LogP contribution in [0.15, 0.2) is 60.9 Å². The Hall–Kier alpha value is -2.79. The van der Waals surface area contributed by atoms with Crippen molar-refractivity contribution in [2.75, 3.05) is 11.9 Å². The molecule has 4 nitrogen and oxygen atoms in total. The Bertz CT molecular complexity index is 999. The van der Waals surface area contributed by atoms with E-state index in [-0.39, 0.29) is 0 Å². The number of aromatic amines is 2. The first-order valence-electron chi connectivity index (χ1n) is 7.96. The molecule has 0 atom stereocenters. The number of fused-ring (bicyclic) bond motifs is 2. The molecule has 0 fully saturated rings. The molecule has 0 unspecified atom stereocenters. The molecule has 24 heavy (non-hydrogen) atoms. The number of hydrogen-bond donors (Lipinski definition) is 4. The molecule has 5 heteroatoms. The Morgan fingerprint density at radius 3 is 2.88 bits per heavy atom. The summed E-state index contributed by atoms with van der Waals surface area (Å²) in [6.45, 7) is 0.790. The van der Waals surface area contributed by atoms with Crippen LogP contribution in [0.4, 0.5) is 5.69 Å². The van der Waals surface area contributed by atoms with E-state index in [4.69, 9.17) is 12.2 Å². The van der Waals surface area contributed by atoms with Gasteiger partial charge in [0.25, 0.3) is 0 Å². The first-order chi connectivity index (χ1) is 11.8. The zero-order valence-corrected chi connectivity index (χ0v) is 13.9. The van der Waals surface area contributed by atoms with E-state index in [9.17, 15) is 0 Å². The highest BCUT2D eigenvalue weighted by Gasteiger charge is 2.04. The average Bonchev–Trinajstić information content (AvgIpc) is 3.21. The summed E-state index contributed by atoms with van der Waals surface area (Å²) in [5, 5.41) is 9.61. The number of nitrogens with one attached hydrogen (secondary N) is 4. The summed E-state index contributed by atoms with van der Waals surface area (Å²) in [7, 11) is 0. The van der Waals surface area contributed by atoms with Gasteiger partial charge in [0.15, 0.2) is 5.11 Å². The highest BCUT2D eigenvalue weighted by Crippen LogP contribution is 2.18. The molecule has 0 saturated heterocycles. The third-order valence-electron chi connectivity index (χ3n) is 4.17. The van der Waals surface area contributed by atoms with E-state index in [1.165, 1.54) is 21.9 Å². The van der Waals surface area contributed by atoms with Gasteiger partial charge in [0.05, 0.1) is 0 Å². The zero-order valence-electron chi connectivity index (χ0n) is 13.1. The minimum absolute atomic E-state index is 0.640. The summed E-state index contributed by atoms with van der Waals surface area (Å²) < 4.78 is 0. The van der Waals surface area contributed by atoms with Crippen LogP contribution >= 0.6 is 12.2 Å². The number of aromatic nitrogens is 2. The molecule has 0 aliphatic heterocycles. The normalized spacial score (nSPS) is 11.0. The lowest BCUT2D eigenvalue weighted by Crippen LogP contribution is -2.30. The molecule has 2 aromatic carbocycles. The van der Waals surface area contributed by atoms with Crippen LogP contribution in [0.5, 0.6) is 0 Å². The lowest BCUT2D eigenvalue weighted by Gasteiger charge is -2.10. The Kier molecular flexibility index (Phi) is 3.92. The second-order valence-corrected chi connectivity index (χ2v) is 6.18. The van der Waals surface area contributed by atoms with Crippen LogP contribution in [0.25, 0.3) is 21.8 Å². The molecule has 0 saturated carbocycles. The fourth-order valence-corrected chi connectivity index (χ4v) is 3.17. The first-order valence-corrected chi connectivity index (χ1v) is 8.37. The van der Waals surface area contributed by atoms with Crippen LogP contribution in [-0.2, 0) is 6.42 Å². The van der Waals surface area contributed by atoms with Gasteiger partial charge in [0, 0.05) is 41.0 Å². The number of rotatable bonds is 4. The van der Waals surface area contributed by atoms with Crippen LogP contribution in [0, 0.1) is 0 Å². The molecular weight excluding hydrogens is 316 g/mol. The van der Waals surface area contributed by atoms with Crippen molar-refractivity contribution in [3.8, 4) is 0 Å². The number of hydrogen-bond acceptors (Lipinski definition) is 1. The molecule has 0 amide bonds. The standard InChI is InChI=1S/C19H18N4S/c24-19(23-15-6-5-13-7-9-20-18(13)11-15)21-10-8-14-12-22-17-4-2-1-3-16(14)17/h1-7,9,11-12,20,22H,8,10H2,(H2,21,23,24). The highest BCUT2D eigenvalue weighted by atomic mass is 32.1. The quantitative estimate of drug-likeness (QED) is 0.424. The lowest BCUT2D eigenvalue weighted by atomic mass is 10.1. The van der Waals surface area contributed by atoms with Gasteiger partial charge in [0.2, 0.25) is 0 Å². The molecule has 0 spiro atoms. The number of H-pyrrole nitrogens is 2. The van der Waals surface area contributed by atoms with Crippen molar-refractivity contribution >= 4 is 44.8 Å². The van der Waals surface area contributed by atoms with Crippen LogP contribution in [0.2, 0.25) is 0 Å². The molecule has 0 bridgehead atoms. The van der Waals surface area contributed by atoms with Crippen LogP contribution in [0.1, 0.15) is 5.56 Å². The predicted molar refractivity (Wildman–Crippen MR) is 105 cm³/mol. The Labute approximate surface area is 145 Å². The van der Waals surface area contributed by atoms with Crippen molar-refractivity contribution in [3.05, 3.63) is 66.5 Å². The van der Waals surface area contributed by atoms with Gasteiger partial charge in [-0.15, -0.1) is 0 Å². The number of anilines is 1. The van der Waals surface area contributed by atoms with E-state index in [0.717, 1.165) is 24.2 Å². The lowest BCUT2D eigenvalue weighted by molar-refractivity contribution is 0.878. The minimum Gasteiger partial charge on any atom is -0.362 e. The summed E-state index contributed by atoms with van der Waals surface area (Å²) >= 11 is 5.39. The molecular formula is C19H18N4S. The van der Waals surface area contributed by atoms with Crippen LogP contribution in [0.3, 0.4) is 0 Å². The van der Waals surface area contributed by atoms with Crippen LogP contribution in [-0.4, -0.2) is 21.6 Å². The van der Waals surface area contributed by atoms with Crippen molar-refractivity contribution in [1.29, 1.82) is 0 Å². The van der Waals surface area contributed by atoms with Crippen molar-refractivity contribution in [2.45, 2.75) is 6.42 Å². The monoisotopic (exact) mass is 334 g/mol. The molecule has 2 heterocycles. The van der Waals surface area contributed by atoms with Crippen molar-refractivity contribution in [2.24, 2.45) is 0 Å². The molecule has 4 rings (SSSR count). The topological polar surface area (TPSA) is 55.6 Å². The second-order valence-electron chi connectivity index (χ2n) is 5.77. The fourth-order valence-electron chi connectivity index (χ4n) is 2.95. The molecule has 2 aromatic heterocycles. The molecule has 0 radical (unpaired) electrons. The van der Waals surface area contributed by atoms with Gasteiger partial charge in [-0.3, -0.25) is 0 Å². The van der Waals surface area contributed by atoms with Gasteiger partial charge in [-0.25, -0.2) is 0 Å². The summed E-state index contributed by atoms with van der Waals surface area (Å²) in [6, 6.07) is 16.6. The third-order valence-corrected chi connectivity index (χ3v) is 4.41. The van der Waals surface area contributed by atoms with E-state index < -0.39 is 0 Å². The largest absolute Gasteiger partial charge is 0.362 e. The maximum absolute atomic E-state index is 5.39. The van der Waals surface area contributed by atoms with Gasteiger partial charge >= 0.3 is 0 Å². The molecule has 120 valence electrons. The van der Waals surface area contributed by atoms with E-state index in [2.05, 4.69) is 63.2 Å². The van der Waals surface area contributed by atoms with Gasteiger partial charge in [-0.1, -0.05) is 24.3 Å². The maximum Gasteiger partial charge on any atom is 0.170 e. The average molecular weight is 334 g/mol. The van der Waals surface area contributed by atoms with Crippen molar-refractivity contribution in [1.82, 2.24) is 15.3 Å². The van der Waals surface area contributed by atoms with E-state index >= 15 is 0 Å². The zero-order chi connectivity index (χ0) is 16.4. The Balaban J connectivity index is 1.34. The Morgan fingerprint density at radius 1 is 1.00 bits per heavy atom. The SMILES string of the molecule is S=C(NCCc1c[nH]c2ccccc12)Nc1ccc2cc[nH]c2c1. The van der Waals surface area contributed by atoms with Gasteiger partial charge in [-0.2, -0.15) is 0 Å². The summed E-state index contributed by atoms with van der Waals surface area (Å²) in [6.07, 6.45) is 4.93. The van der Waals surface area contributed by atoms with Crippen molar-refractivity contribution in [3.63, 3.8) is 0 Å². The summed E-state index contributed by atoms with van der Waals surface area (Å²) in [5.41, 5.74) is 4.55. The first kappa shape index (κ1) is 14.8. The second kappa shape index (κ2) is 6.37. The maximum atomic E-state index is 5.39. The van der Waals surface area contributed by atoms with E-state index in [1.54, 1.807) is 0 Å². The van der Waals surface area contributed by atoms with Gasteiger partial charge in [-0.05, 0) is 53.9 Å². The molecule has 4 N–H and O–H groups in total. The summed E-state index contributed by atoms with van der Waals surface area (Å²) in [4.78, 5) is 6.51. The van der Waals surface area contributed by atoms with E-state index in [1.807, 2.05) is 18.3 Å². The van der Waals surface area contributed by atoms with Gasteiger partial charge < -0.3 is 20.6 Å². The smallest absolute Gasteiger partial charge is 0.170 e. The summed E-state index contributed by atoms with van der Waals surface area (Å²) in [5.74, 6) is 0. The number of para-hydroxylation sites is 1. The van der Waals surface area contributed by atoms with E-state index in [0.29, 0.717) is 5.11 Å². The predicted octanol–water partition coefficient (Wildman–Crippen LogP) is 4.18. The molecule has 0 aliphatic carbocycles. The van der Waals surface area contributed by atoms with Gasteiger partial charge in [0.1, 0.15) is 0 Å². The van der Waals surface area contributed by atoms with Crippen LogP contribution < -0.4 is 10.6 Å². The fraction of sp³-hybridized carbons (Fsp3) is 0.105. The Morgan fingerprint density at radius 2 is 1.92 bits per heavy atom. The molecule has 4 aromatic rings. The minimum atomic E-state index is 0.640. The number of benzene rings is 2. The third kappa shape index (κ3) is 2.98. The molecule has 0 aliphatic rings. The highest BCUT2D eigenvalue weighted by molar-refractivity contribution is 7.80. The van der Waals surface area contributed by atoms with Crippen molar-refractivity contribution < 1.29 is 0 Å². The number of thiocarbonyl (C=S) groups is 1.